The molecule has 1 atom stereocenters. The zero-order valence-electron chi connectivity index (χ0n) is 12.5. The van der Waals surface area contributed by atoms with Gasteiger partial charge >= 0.3 is 0 Å². The Balaban J connectivity index is 1.72. The number of para-hydroxylation sites is 1. The van der Waals surface area contributed by atoms with Crippen LogP contribution in [0.15, 0.2) is 47.8 Å². The number of anilines is 1. The van der Waals surface area contributed by atoms with Crippen molar-refractivity contribution < 1.29 is 4.74 Å². The molecule has 112 valence electrons. The highest BCUT2D eigenvalue weighted by atomic mass is 32.1. The third-order valence-electron chi connectivity index (χ3n) is 4.09. The van der Waals surface area contributed by atoms with Crippen LogP contribution in [-0.4, -0.2) is 24.7 Å². The predicted octanol–water partition coefficient (Wildman–Crippen LogP) is 4.18. The summed E-state index contributed by atoms with van der Waals surface area (Å²) in [5.41, 5.74) is 3.40. The Morgan fingerprint density at radius 2 is 2.14 bits per heavy atom. The Morgan fingerprint density at radius 3 is 3.00 bits per heavy atom. The lowest BCUT2D eigenvalue weighted by molar-refractivity contribution is 0.0422. The molecule has 0 aliphatic carbocycles. The molecule has 3 nitrogen and oxygen atoms in total. The molecule has 2 aromatic heterocycles. The third-order valence-corrected chi connectivity index (χ3v) is 5.05. The lowest BCUT2D eigenvalue weighted by Gasteiger charge is -2.35. The highest BCUT2D eigenvalue weighted by Crippen LogP contribution is 2.32. The number of thiophene rings is 1. The molecule has 3 aromatic rings. The zero-order chi connectivity index (χ0) is 14.9. The number of morpholine rings is 1. The van der Waals surface area contributed by atoms with Gasteiger partial charge in [0.2, 0.25) is 0 Å². The van der Waals surface area contributed by atoms with Gasteiger partial charge in [0, 0.05) is 34.7 Å². The number of rotatable bonds is 2. The Labute approximate surface area is 134 Å². The van der Waals surface area contributed by atoms with Gasteiger partial charge in [-0.05, 0) is 30.5 Å². The summed E-state index contributed by atoms with van der Waals surface area (Å²) >= 11 is 1.77. The first-order valence-electron chi connectivity index (χ1n) is 7.57. The van der Waals surface area contributed by atoms with E-state index in [1.54, 1.807) is 11.3 Å². The number of hydrogen-bond donors (Lipinski definition) is 0. The van der Waals surface area contributed by atoms with E-state index in [9.17, 15) is 0 Å². The maximum Gasteiger partial charge on any atom is 0.109 e. The molecule has 0 radical (unpaired) electrons. The van der Waals surface area contributed by atoms with Crippen molar-refractivity contribution in [2.24, 2.45) is 0 Å². The molecule has 1 aliphatic rings. The van der Waals surface area contributed by atoms with Gasteiger partial charge < -0.3 is 9.64 Å². The van der Waals surface area contributed by atoms with Crippen molar-refractivity contribution in [1.29, 1.82) is 0 Å². The van der Waals surface area contributed by atoms with E-state index in [0.717, 1.165) is 30.9 Å². The van der Waals surface area contributed by atoms with Gasteiger partial charge in [0.25, 0.3) is 0 Å². The molecule has 1 unspecified atom stereocenters. The number of ether oxygens (including phenoxy) is 1. The summed E-state index contributed by atoms with van der Waals surface area (Å²) < 4.78 is 5.97. The van der Waals surface area contributed by atoms with Crippen LogP contribution in [-0.2, 0) is 4.74 Å². The maximum atomic E-state index is 5.97. The first kappa shape index (κ1) is 13.7. The van der Waals surface area contributed by atoms with Crippen LogP contribution in [0.3, 0.4) is 0 Å². The summed E-state index contributed by atoms with van der Waals surface area (Å²) in [6, 6.07) is 14.8. The van der Waals surface area contributed by atoms with Gasteiger partial charge in [-0.15, -0.1) is 11.3 Å². The highest BCUT2D eigenvalue weighted by Gasteiger charge is 2.24. The van der Waals surface area contributed by atoms with E-state index < -0.39 is 0 Å². The Bertz CT molecular complexity index is 785. The quantitative estimate of drug-likeness (QED) is 0.710. The van der Waals surface area contributed by atoms with Crippen LogP contribution in [0.5, 0.6) is 0 Å². The molecular weight excluding hydrogens is 292 g/mol. The van der Waals surface area contributed by atoms with Gasteiger partial charge in [0.1, 0.15) is 6.10 Å². The maximum absolute atomic E-state index is 5.97. The van der Waals surface area contributed by atoms with E-state index in [-0.39, 0.29) is 6.10 Å². The molecule has 0 bridgehead atoms. The Morgan fingerprint density at radius 1 is 1.23 bits per heavy atom. The van der Waals surface area contributed by atoms with E-state index in [0.29, 0.717) is 0 Å². The monoisotopic (exact) mass is 310 g/mol. The smallest absolute Gasteiger partial charge is 0.109 e. The average Bonchev–Trinajstić information content (AvgIpc) is 3.09. The lowest BCUT2D eigenvalue weighted by Crippen LogP contribution is -2.38. The topological polar surface area (TPSA) is 25.4 Å². The molecule has 0 amide bonds. The third kappa shape index (κ3) is 2.49. The molecule has 1 aromatic carbocycles. The van der Waals surface area contributed by atoms with Crippen LogP contribution < -0.4 is 4.90 Å². The van der Waals surface area contributed by atoms with Crippen LogP contribution in [0.4, 0.5) is 5.69 Å². The summed E-state index contributed by atoms with van der Waals surface area (Å²) in [5, 5.41) is 3.34. The summed E-state index contributed by atoms with van der Waals surface area (Å²) in [5.74, 6) is 0. The Kier molecular flexibility index (Phi) is 3.56. The molecule has 4 rings (SSSR count). The van der Waals surface area contributed by atoms with Gasteiger partial charge in [-0.3, -0.25) is 4.98 Å². The van der Waals surface area contributed by atoms with E-state index in [2.05, 4.69) is 58.6 Å². The molecule has 0 saturated carbocycles. The van der Waals surface area contributed by atoms with Crippen LogP contribution >= 0.6 is 11.3 Å². The SMILES string of the molecule is Cc1cc(N2CCOC(c3cccs3)C2)c2ccccc2n1. The molecule has 1 fully saturated rings. The molecule has 1 saturated heterocycles. The fraction of sp³-hybridized carbons (Fsp3) is 0.278. The van der Waals surface area contributed by atoms with Crippen molar-refractivity contribution in [3.05, 3.63) is 58.4 Å². The minimum Gasteiger partial charge on any atom is -0.369 e. The lowest BCUT2D eigenvalue weighted by atomic mass is 10.1. The second-order valence-corrected chi connectivity index (χ2v) is 6.60. The van der Waals surface area contributed by atoms with Crippen molar-refractivity contribution >= 4 is 27.9 Å². The van der Waals surface area contributed by atoms with E-state index >= 15 is 0 Å². The van der Waals surface area contributed by atoms with E-state index in [1.165, 1.54) is 16.0 Å². The molecule has 0 spiro atoms. The molecular formula is C18H18N2OS. The van der Waals surface area contributed by atoms with E-state index in [1.807, 2.05) is 6.07 Å². The number of nitrogens with zero attached hydrogens (tertiary/aromatic N) is 2. The van der Waals surface area contributed by atoms with Crippen LogP contribution in [0.2, 0.25) is 0 Å². The number of aryl methyl sites for hydroxylation is 1. The number of pyridine rings is 1. The number of benzene rings is 1. The van der Waals surface area contributed by atoms with Crippen molar-refractivity contribution in [2.45, 2.75) is 13.0 Å². The second kappa shape index (κ2) is 5.71. The van der Waals surface area contributed by atoms with Gasteiger partial charge in [-0.25, -0.2) is 0 Å². The number of fused-ring (bicyclic) bond motifs is 1. The largest absolute Gasteiger partial charge is 0.369 e. The van der Waals surface area contributed by atoms with Crippen molar-refractivity contribution in [3.8, 4) is 0 Å². The molecule has 4 heteroatoms. The minimum absolute atomic E-state index is 0.168. The van der Waals surface area contributed by atoms with Crippen LogP contribution in [0.1, 0.15) is 16.7 Å². The normalized spacial score (nSPS) is 18.8. The van der Waals surface area contributed by atoms with Gasteiger partial charge in [0.05, 0.1) is 12.1 Å². The van der Waals surface area contributed by atoms with Gasteiger partial charge in [0.15, 0.2) is 0 Å². The fourth-order valence-electron chi connectivity index (χ4n) is 3.06. The summed E-state index contributed by atoms with van der Waals surface area (Å²) in [4.78, 5) is 8.38. The first-order valence-corrected chi connectivity index (χ1v) is 8.45. The zero-order valence-corrected chi connectivity index (χ0v) is 13.3. The Hall–Kier alpha value is -1.91. The van der Waals surface area contributed by atoms with Gasteiger partial charge in [-0.1, -0.05) is 24.3 Å². The van der Waals surface area contributed by atoms with Crippen LogP contribution in [0, 0.1) is 6.92 Å². The van der Waals surface area contributed by atoms with Crippen molar-refractivity contribution in [1.82, 2.24) is 4.98 Å². The molecule has 22 heavy (non-hydrogen) atoms. The molecule has 1 aliphatic heterocycles. The highest BCUT2D eigenvalue weighted by molar-refractivity contribution is 7.10. The first-order chi connectivity index (χ1) is 10.8. The molecule has 3 heterocycles. The summed E-state index contributed by atoms with van der Waals surface area (Å²) in [6.45, 7) is 4.65. The summed E-state index contributed by atoms with van der Waals surface area (Å²) in [7, 11) is 0. The standard InChI is InChI=1S/C18H18N2OS/c1-13-11-16(14-5-2-3-6-15(14)19-13)20-8-9-21-17(12-20)18-7-4-10-22-18/h2-7,10-11,17H,8-9,12H2,1H3. The predicted molar refractivity (Wildman–Crippen MR) is 91.7 cm³/mol. The fourth-order valence-corrected chi connectivity index (χ4v) is 3.83. The van der Waals surface area contributed by atoms with Gasteiger partial charge in [-0.2, -0.15) is 0 Å². The summed E-state index contributed by atoms with van der Waals surface area (Å²) in [6.07, 6.45) is 0.168. The van der Waals surface area contributed by atoms with E-state index in [4.69, 9.17) is 4.74 Å². The number of hydrogen-bond acceptors (Lipinski definition) is 4. The molecule has 0 N–H and O–H groups in total. The minimum atomic E-state index is 0.168. The average molecular weight is 310 g/mol. The number of aromatic nitrogens is 1. The van der Waals surface area contributed by atoms with Crippen molar-refractivity contribution in [2.75, 3.05) is 24.6 Å². The second-order valence-electron chi connectivity index (χ2n) is 5.62. The van der Waals surface area contributed by atoms with Crippen LogP contribution in [0.25, 0.3) is 10.9 Å². The van der Waals surface area contributed by atoms with Crippen molar-refractivity contribution in [3.63, 3.8) is 0 Å².